The number of thiazole rings is 1. The van der Waals surface area contributed by atoms with Crippen LogP contribution in [0.5, 0.6) is 0 Å². The highest BCUT2D eigenvalue weighted by atomic mass is 32.1. The standard InChI is InChI=1S/C14H18N2OS/c1-10-12(4-3-5-13(10)15)8-17-7-6-14-11(2)16-9-18-14/h3-5,9H,6-8,15H2,1-2H3. The Hall–Kier alpha value is -1.39. The quantitative estimate of drug-likeness (QED) is 0.665. The number of anilines is 1. The van der Waals surface area contributed by atoms with Crippen LogP contribution in [0.2, 0.25) is 0 Å². The van der Waals surface area contributed by atoms with Crippen molar-refractivity contribution in [3.8, 4) is 0 Å². The zero-order valence-corrected chi connectivity index (χ0v) is 11.6. The number of nitrogens with two attached hydrogens (primary N) is 1. The Labute approximate surface area is 112 Å². The number of ether oxygens (including phenoxy) is 1. The van der Waals surface area contributed by atoms with Gasteiger partial charge in [-0.25, -0.2) is 4.98 Å². The van der Waals surface area contributed by atoms with Crippen LogP contribution in [-0.4, -0.2) is 11.6 Å². The monoisotopic (exact) mass is 262 g/mol. The van der Waals surface area contributed by atoms with Crippen molar-refractivity contribution in [3.05, 3.63) is 45.4 Å². The summed E-state index contributed by atoms with van der Waals surface area (Å²) in [5, 5.41) is 0. The second-order valence-corrected chi connectivity index (χ2v) is 5.23. The predicted octanol–water partition coefficient (Wildman–Crippen LogP) is 3.10. The Morgan fingerprint density at radius 3 is 2.89 bits per heavy atom. The summed E-state index contributed by atoms with van der Waals surface area (Å²) in [6.07, 6.45) is 0.928. The van der Waals surface area contributed by atoms with Crippen molar-refractivity contribution in [1.29, 1.82) is 0 Å². The topological polar surface area (TPSA) is 48.1 Å². The Bertz CT molecular complexity index is 522. The molecule has 2 N–H and O–H groups in total. The molecule has 0 saturated heterocycles. The summed E-state index contributed by atoms with van der Waals surface area (Å²) >= 11 is 1.69. The Morgan fingerprint density at radius 2 is 2.17 bits per heavy atom. The number of hydrogen-bond acceptors (Lipinski definition) is 4. The molecule has 2 rings (SSSR count). The minimum atomic E-state index is 0.620. The first kappa shape index (κ1) is 13.1. The smallest absolute Gasteiger partial charge is 0.0797 e. The first-order valence-electron chi connectivity index (χ1n) is 5.99. The lowest BCUT2D eigenvalue weighted by molar-refractivity contribution is 0.124. The van der Waals surface area contributed by atoms with Crippen molar-refractivity contribution in [2.45, 2.75) is 26.9 Å². The van der Waals surface area contributed by atoms with Gasteiger partial charge in [0.2, 0.25) is 0 Å². The van der Waals surface area contributed by atoms with E-state index in [2.05, 4.69) is 11.1 Å². The number of aromatic nitrogens is 1. The molecule has 0 aliphatic carbocycles. The molecule has 3 nitrogen and oxygen atoms in total. The van der Waals surface area contributed by atoms with E-state index in [0.29, 0.717) is 6.61 Å². The van der Waals surface area contributed by atoms with Gasteiger partial charge >= 0.3 is 0 Å². The molecular formula is C14H18N2OS. The van der Waals surface area contributed by atoms with Crippen LogP contribution in [0.3, 0.4) is 0 Å². The molecule has 0 aliphatic rings. The van der Waals surface area contributed by atoms with Gasteiger partial charge in [-0.1, -0.05) is 12.1 Å². The van der Waals surface area contributed by atoms with Crippen LogP contribution < -0.4 is 5.73 Å². The van der Waals surface area contributed by atoms with Gasteiger partial charge in [0.05, 0.1) is 24.4 Å². The molecule has 0 aliphatic heterocycles. The van der Waals surface area contributed by atoms with Gasteiger partial charge in [0, 0.05) is 17.0 Å². The van der Waals surface area contributed by atoms with Crippen LogP contribution in [-0.2, 0) is 17.8 Å². The Kier molecular flexibility index (Phi) is 4.33. The van der Waals surface area contributed by atoms with Crippen LogP contribution in [0.25, 0.3) is 0 Å². The largest absolute Gasteiger partial charge is 0.399 e. The van der Waals surface area contributed by atoms with Crippen molar-refractivity contribution in [2.75, 3.05) is 12.3 Å². The van der Waals surface area contributed by atoms with Gasteiger partial charge in [0.15, 0.2) is 0 Å². The molecule has 0 bridgehead atoms. The fourth-order valence-electron chi connectivity index (χ4n) is 1.77. The van der Waals surface area contributed by atoms with E-state index in [-0.39, 0.29) is 0 Å². The van der Waals surface area contributed by atoms with E-state index in [9.17, 15) is 0 Å². The van der Waals surface area contributed by atoms with Crippen LogP contribution in [0.1, 0.15) is 21.7 Å². The van der Waals surface area contributed by atoms with Gasteiger partial charge in [-0.2, -0.15) is 0 Å². The third-order valence-electron chi connectivity index (χ3n) is 3.06. The average molecular weight is 262 g/mol. The van der Waals surface area contributed by atoms with Gasteiger partial charge in [-0.3, -0.25) is 0 Å². The predicted molar refractivity (Wildman–Crippen MR) is 75.8 cm³/mol. The zero-order chi connectivity index (χ0) is 13.0. The SMILES string of the molecule is Cc1ncsc1CCOCc1cccc(N)c1C. The normalized spacial score (nSPS) is 10.8. The molecule has 4 heteroatoms. The first-order valence-corrected chi connectivity index (χ1v) is 6.87. The summed E-state index contributed by atoms with van der Waals surface area (Å²) in [5.74, 6) is 0. The minimum absolute atomic E-state index is 0.620. The molecule has 0 spiro atoms. The maximum absolute atomic E-state index is 5.86. The minimum Gasteiger partial charge on any atom is -0.399 e. The molecule has 96 valence electrons. The summed E-state index contributed by atoms with van der Waals surface area (Å²) in [6.45, 7) is 5.40. The van der Waals surface area contributed by atoms with E-state index in [4.69, 9.17) is 10.5 Å². The van der Waals surface area contributed by atoms with Crippen molar-refractivity contribution < 1.29 is 4.74 Å². The lowest BCUT2D eigenvalue weighted by Gasteiger charge is -2.08. The zero-order valence-electron chi connectivity index (χ0n) is 10.8. The number of hydrogen-bond donors (Lipinski definition) is 1. The second kappa shape index (κ2) is 5.98. The second-order valence-electron chi connectivity index (χ2n) is 4.29. The van der Waals surface area contributed by atoms with Gasteiger partial charge in [0.25, 0.3) is 0 Å². The Balaban J connectivity index is 1.82. The maximum Gasteiger partial charge on any atom is 0.0797 e. The number of nitrogens with zero attached hydrogens (tertiary/aromatic N) is 1. The van der Waals surface area contributed by atoms with Crippen molar-refractivity contribution in [2.24, 2.45) is 0 Å². The summed E-state index contributed by atoms with van der Waals surface area (Å²) in [6, 6.07) is 5.94. The van der Waals surface area contributed by atoms with E-state index in [1.54, 1.807) is 11.3 Å². The van der Waals surface area contributed by atoms with Gasteiger partial charge < -0.3 is 10.5 Å². The first-order chi connectivity index (χ1) is 8.68. The number of benzene rings is 1. The molecule has 1 aromatic heterocycles. The van der Waals surface area contributed by atoms with E-state index >= 15 is 0 Å². The van der Waals surface area contributed by atoms with Crippen molar-refractivity contribution >= 4 is 17.0 Å². The van der Waals surface area contributed by atoms with E-state index < -0.39 is 0 Å². The van der Waals surface area contributed by atoms with Gasteiger partial charge in [-0.05, 0) is 31.0 Å². The van der Waals surface area contributed by atoms with E-state index in [0.717, 1.165) is 35.5 Å². The van der Waals surface area contributed by atoms with Crippen LogP contribution >= 0.6 is 11.3 Å². The van der Waals surface area contributed by atoms with Crippen molar-refractivity contribution in [1.82, 2.24) is 4.98 Å². The van der Waals surface area contributed by atoms with Gasteiger partial charge in [-0.15, -0.1) is 11.3 Å². The third kappa shape index (κ3) is 3.09. The average Bonchev–Trinajstić information content (AvgIpc) is 2.76. The lowest BCUT2D eigenvalue weighted by Crippen LogP contribution is -2.02. The maximum atomic E-state index is 5.86. The molecule has 0 atom stereocenters. The molecule has 0 fully saturated rings. The summed E-state index contributed by atoms with van der Waals surface area (Å²) < 4.78 is 5.71. The van der Waals surface area contributed by atoms with E-state index in [1.807, 2.05) is 31.5 Å². The molecule has 0 saturated carbocycles. The van der Waals surface area contributed by atoms with Crippen molar-refractivity contribution in [3.63, 3.8) is 0 Å². The molecule has 0 amide bonds. The highest BCUT2D eigenvalue weighted by Gasteiger charge is 2.03. The molecule has 18 heavy (non-hydrogen) atoms. The fourth-order valence-corrected chi connectivity index (χ4v) is 2.54. The number of aryl methyl sites for hydroxylation is 1. The highest BCUT2D eigenvalue weighted by molar-refractivity contribution is 7.09. The summed E-state index contributed by atoms with van der Waals surface area (Å²) in [5.41, 5.74) is 12.0. The molecule has 1 aromatic carbocycles. The fraction of sp³-hybridized carbons (Fsp3) is 0.357. The Morgan fingerprint density at radius 1 is 1.33 bits per heavy atom. The third-order valence-corrected chi connectivity index (χ3v) is 4.06. The molecule has 2 aromatic rings. The summed E-state index contributed by atoms with van der Waals surface area (Å²) in [7, 11) is 0. The molecular weight excluding hydrogens is 244 g/mol. The molecule has 0 unspecified atom stereocenters. The van der Waals surface area contributed by atoms with Crippen LogP contribution in [0.15, 0.2) is 23.7 Å². The number of rotatable bonds is 5. The van der Waals surface area contributed by atoms with Gasteiger partial charge in [0.1, 0.15) is 0 Å². The number of nitrogen functional groups attached to an aromatic ring is 1. The van der Waals surface area contributed by atoms with Crippen LogP contribution in [0.4, 0.5) is 5.69 Å². The van der Waals surface area contributed by atoms with Crippen LogP contribution in [0, 0.1) is 13.8 Å². The highest BCUT2D eigenvalue weighted by Crippen LogP contribution is 2.17. The summed E-state index contributed by atoms with van der Waals surface area (Å²) in [4.78, 5) is 5.53. The molecule has 0 radical (unpaired) electrons. The van der Waals surface area contributed by atoms with E-state index in [1.165, 1.54) is 4.88 Å². The lowest BCUT2D eigenvalue weighted by atomic mass is 10.1. The molecule has 1 heterocycles.